The monoisotopic (exact) mass is 182 g/mol. The Bertz CT molecular complexity index is 301. The summed E-state index contributed by atoms with van der Waals surface area (Å²) >= 11 is 0. The van der Waals surface area contributed by atoms with Gasteiger partial charge in [-0.25, -0.2) is 9.18 Å². The number of hydrogen-bond acceptors (Lipinski definition) is 2. The van der Waals surface area contributed by atoms with Crippen molar-refractivity contribution in [2.24, 2.45) is 0 Å². The molecule has 0 aliphatic heterocycles. The molecule has 13 heavy (non-hydrogen) atoms. The van der Waals surface area contributed by atoms with Crippen LogP contribution in [-0.4, -0.2) is 12.7 Å². The maximum atomic E-state index is 12.6. The molecule has 1 aromatic rings. The molecule has 0 aromatic heterocycles. The SMILES string of the molecule is [CH2]COC(=O)Nc1cccc(F)c1. The summed E-state index contributed by atoms with van der Waals surface area (Å²) in [5.41, 5.74) is 0.360. The van der Waals surface area contributed by atoms with E-state index in [4.69, 9.17) is 0 Å². The molecule has 0 spiro atoms. The standard InChI is InChI=1S/C9H9FNO2/c1-2-13-9(12)11-8-5-3-4-7(10)6-8/h3-6H,1-2H2,(H,11,12). The van der Waals surface area contributed by atoms with Crippen LogP contribution in [0.2, 0.25) is 0 Å². The Balaban J connectivity index is 2.58. The van der Waals surface area contributed by atoms with Crippen molar-refractivity contribution in [3.8, 4) is 0 Å². The molecule has 1 N–H and O–H groups in total. The minimum absolute atomic E-state index is 0.0428. The summed E-state index contributed by atoms with van der Waals surface area (Å²) < 4.78 is 17.1. The van der Waals surface area contributed by atoms with Crippen molar-refractivity contribution in [1.29, 1.82) is 0 Å². The lowest BCUT2D eigenvalue weighted by molar-refractivity contribution is 0.173. The molecule has 0 heterocycles. The second-order valence-corrected chi connectivity index (χ2v) is 2.27. The third kappa shape index (κ3) is 3.11. The molecule has 0 saturated heterocycles. The molecule has 4 heteroatoms. The van der Waals surface area contributed by atoms with Gasteiger partial charge in [0.15, 0.2) is 0 Å². The predicted molar refractivity (Wildman–Crippen MR) is 46.7 cm³/mol. The molecule has 1 rings (SSSR count). The zero-order valence-electron chi connectivity index (χ0n) is 6.92. The molecule has 0 fully saturated rings. The van der Waals surface area contributed by atoms with Crippen molar-refractivity contribution in [3.05, 3.63) is 37.0 Å². The van der Waals surface area contributed by atoms with Crippen molar-refractivity contribution in [3.63, 3.8) is 0 Å². The first kappa shape index (κ1) is 9.51. The van der Waals surface area contributed by atoms with Gasteiger partial charge in [-0.15, -0.1) is 0 Å². The number of anilines is 1. The van der Waals surface area contributed by atoms with Crippen LogP contribution in [-0.2, 0) is 4.74 Å². The van der Waals surface area contributed by atoms with E-state index in [1.54, 1.807) is 6.07 Å². The molecule has 0 saturated carbocycles. The van der Waals surface area contributed by atoms with Gasteiger partial charge in [-0.2, -0.15) is 0 Å². The summed E-state index contributed by atoms with van der Waals surface area (Å²) in [5.74, 6) is -0.410. The molecular formula is C9H9FNO2. The lowest BCUT2D eigenvalue weighted by Crippen LogP contribution is -2.13. The number of amides is 1. The van der Waals surface area contributed by atoms with Gasteiger partial charge in [0.25, 0.3) is 0 Å². The van der Waals surface area contributed by atoms with Gasteiger partial charge in [0.05, 0.1) is 6.61 Å². The maximum Gasteiger partial charge on any atom is 0.411 e. The molecule has 0 aliphatic carbocycles. The van der Waals surface area contributed by atoms with Gasteiger partial charge in [-0.1, -0.05) is 6.07 Å². The molecule has 0 bridgehead atoms. The summed E-state index contributed by atoms with van der Waals surface area (Å²) in [4.78, 5) is 10.8. The first-order valence-electron chi connectivity index (χ1n) is 3.71. The van der Waals surface area contributed by atoms with E-state index in [1.165, 1.54) is 18.2 Å². The highest BCUT2D eigenvalue weighted by molar-refractivity contribution is 5.84. The van der Waals surface area contributed by atoms with Crippen LogP contribution >= 0.6 is 0 Å². The van der Waals surface area contributed by atoms with E-state index in [2.05, 4.69) is 17.0 Å². The number of rotatable bonds is 2. The van der Waals surface area contributed by atoms with E-state index in [0.29, 0.717) is 5.69 Å². The van der Waals surface area contributed by atoms with Crippen LogP contribution in [0, 0.1) is 12.7 Å². The average Bonchev–Trinajstić information content (AvgIpc) is 2.04. The van der Waals surface area contributed by atoms with Crippen molar-refractivity contribution in [1.82, 2.24) is 0 Å². The minimum Gasteiger partial charge on any atom is -0.449 e. The number of nitrogens with one attached hydrogen (secondary N) is 1. The van der Waals surface area contributed by atoms with E-state index in [1.807, 2.05) is 0 Å². The summed E-state index contributed by atoms with van der Waals surface area (Å²) in [5, 5.41) is 2.34. The van der Waals surface area contributed by atoms with Crippen LogP contribution in [0.15, 0.2) is 24.3 Å². The van der Waals surface area contributed by atoms with E-state index < -0.39 is 11.9 Å². The first-order valence-corrected chi connectivity index (χ1v) is 3.71. The number of ether oxygens (including phenoxy) is 1. The van der Waals surface area contributed by atoms with Gasteiger partial charge in [0.1, 0.15) is 5.82 Å². The van der Waals surface area contributed by atoms with Crippen molar-refractivity contribution >= 4 is 11.8 Å². The molecule has 0 atom stereocenters. The van der Waals surface area contributed by atoms with E-state index in [-0.39, 0.29) is 6.61 Å². The first-order chi connectivity index (χ1) is 6.22. The fourth-order valence-corrected chi connectivity index (χ4v) is 0.813. The normalized spacial score (nSPS) is 9.38. The number of halogens is 1. The molecule has 1 radical (unpaired) electrons. The topological polar surface area (TPSA) is 38.3 Å². The Labute approximate surface area is 75.5 Å². The van der Waals surface area contributed by atoms with Gasteiger partial charge < -0.3 is 4.74 Å². The molecule has 69 valence electrons. The lowest BCUT2D eigenvalue weighted by atomic mass is 10.3. The van der Waals surface area contributed by atoms with E-state index >= 15 is 0 Å². The van der Waals surface area contributed by atoms with Crippen molar-refractivity contribution < 1.29 is 13.9 Å². The smallest absolute Gasteiger partial charge is 0.411 e. The van der Waals surface area contributed by atoms with Gasteiger partial charge >= 0.3 is 6.09 Å². The second-order valence-electron chi connectivity index (χ2n) is 2.27. The van der Waals surface area contributed by atoms with Gasteiger partial charge in [0.2, 0.25) is 0 Å². The fraction of sp³-hybridized carbons (Fsp3) is 0.111. The Morgan fingerprint density at radius 2 is 2.38 bits per heavy atom. The van der Waals surface area contributed by atoms with Crippen LogP contribution in [0.25, 0.3) is 0 Å². The van der Waals surface area contributed by atoms with Gasteiger partial charge in [0, 0.05) is 5.69 Å². The number of benzene rings is 1. The summed E-state index contributed by atoms with van der Waals surface area (Å²) in [6.45, 7) is 3.37. The quantitative estimate of drug-likeness (QED) is 0.761. The number of carbonyl (C=O) groups is 1. The Kier molecular flexibility index (Phi) is 3.25. The van der Waals surface area contributed by atoms with E-state index in [0.717, 1.165) is 0 Å². The average molecular weight is 182 g/mol. The molecule has 1 aromatic carbocycles. The number of carbonyl (C=O) groups excluding carboxylic acids is 1. The Morgan fingerprint density at radius 3 is 3.00 bits per heavy atom. The molecular weight excluding hydrogens is 173 g/mol. The Hall–Kier alpha value is -1.58. The molecule has 3 nitrogen and oxygen atoms in total. The lowest BCUT2D eigenvalue weighted by Gasteiger charge is -2.04. The summed E-state index contributed by atoms with van der Waals surface area (Å²) in [6, 6.07) is 5.55. The zero-order valence-corrected chi connectivity index (χ0v) is 6.92. The van der Waals surface area contributed by atoms with Crippen LogP contribution in [0.4, 0.5) is 14.9 Å². The van der Waals surface area contributed by atoms with Crippen LogP contribution in [0.3, 0.4) is 0 Å². The third-order valence-corrected chi connectivity index (χ3v) is 1.30. The minimum atomic E-state index is -0.638. The molecule has 0 unspecified atom stereocenters. The fourth-order valence-electron chi connectivity index (χ4n) is 0.813. The van der Waals surface area contributed by atoms with Crippen LogP contribution in [0.1, 0.15) is 0 Å². The highest BCUT2D eigenvalue weighted by Gasteiger charge is 2.01. The maximum absolute atomic E-state index is 12.6. The molecule has 1 amide bonds. The zero-order chi connectivity index (χ0) is 9.68. The van der Waals surface area contributed by atoms with Gasteiger partial charge in [-0.3, -0.25) is 5.32 Å². The second kappa shape index (κ2) is 4.45. The third-order valence-electron chi connectivity index (χ3n) is 1.30. The van der Waals surface area contributed by atoms with Crippen molar-refractivity contribution in [2.75, 3.05) is 11.9 Å². The predicted octanol–water partition coefficient (Wildman–Crippen LogP) is 2.21. The largest absolute Gasteiger partial charge is 0.449 e. The summed E-state index contributed by atoms with van der Waals surface area (Å²) in [7, 11) is 0. The van der Waals surface area contributed by atoms with Gasteiger partial charge in [-0.05, 0) is 25.1 Å². The highest BCUT2D eigenvalue weighted by atomic mass is 19.1. The molecule has 0 aliphatic rings. The van der Waals surface area contributed by atoms with Crippen LogP contribution in [0.5, 0.6) is 0 Å². The Morgan fingerprint density at radius 1 is 1.62 bits per heavy atom. The van der Waals surface area contributed by atoms with E-state index in [9.17, 15) is 9.18 Å². The number of hydrogen-bond donors (Lipinski definition) is 1. The highest BCUT2D eigenvalue weighted by Crippen LogP contribution is 2.08. The van der Waals surface area contributed by atoms with Crippen LogP contribution < -0.4 is 5.32 Å². The van der Waals surface area contributed by atoms with Crippen molar-refractivity contribution in [2.45, 2.75) is 0 Å². The summed E-state index contributed by atoms with van der Waals surface area (Å²) in [6.07, 6.45) is -0.638.